The molecule has 3 rings (SSSR count). The summed E-state index contributed by atoms with van der Waals surface area (Å²) in [5, 5.41) is 6.60. The molecule has 134 valence electrons. The van der Waals surface area contributed by atoms with Gasteiger partial charge < -0.3 is 16.4 Å². The molecule has 0 aliphatic carbocycles. The van der Waals surface area contributed by atoms with Crippen LogP contribution in [0, 0.1) is 13.8 Å². The molecule has 26 heavy (non-hydrogen) atoms. The predicted octanol–water partition coefficient (Wildman–Crippen LogP) is 2.04. The van der Waals surface area contributed by atoms with Crippen molar-refractivity contribution in [3.8, 4) is 10.4 Å². The number of thiazole rings is 1. The molecular formula is C17H19N7OS. The monoisotopic (exact) mass is 369 g/mol. The Balaban J connectivity index is 1.78. The van der Waals surface area contributed by atoms with E-state index < -0.39 is 0 Å². The molecule has 8 nitrogen and oxygen atoms in total. The topological polar surface area (TPSA) is 119 Å². The molecule has 3 aromatic heterocycles. The van der Waals surface area contributed by atoms with Crippen molar-refractivity contribution in [3.05, 3.63) is 47.8 Å². The van der Waals surface area contributed by atoms with E-state index >= 15 is 0 Å². The Bertz CT molecular complexity index is 925. The highest BCUT2D eigenvalue weighted by molar-refractivity contribution is 7.18. The van der Waals surface area contributed by atoms with Crippen molar-refractivity contribution in [2.75, 3.05) is 18.4 Å². The number of carbonyl (C=O) groups is 1. The predicted molar refractivity (Wildman–Crippen MR) is 102 cm³/mol. The largest absolute Gasteiger partial charge is 0.351 e. The smallest absolute Gasteiger partial charge is 0.252 e. The molecule has 0 spiro atoms. The van der Waals surface area contributed by atoms with E-state index in [1.807, 2.05) is 13.8 Å². The highest BCUT2D eigenvalue weighted by atomic mass is 32.1. The van der Waals surface area contributed by atoms with Crippen LogP contribution < -0.4 is 16.4 Å². The van der Waals surface area contributed by atoms with E-state index in [-0.39, 0.29) is 5.91 Å². The van der Waals surface area contributed by atoms with Gasteiger partial charge in [-0.15, -0.1) is 0 Å². The lowest BCUT2D eigenvalue weighted by Crippen LogP contribution is -2.29. The first-order valence-electron chi connectivity index (χ1n) is 8.03. The van der Waals surface area contributed by atoms with E-state index in [1.165, 1.54) is 17.5 Å². The summed E-state index contributed by atoms with van der Waals surface area (Å²) in [6.07, 6.45) is 6.68. The Hall–Kier alpha value is -2.91. The van der Waals surface area contributed by atoms with Crippen LogP contribution in [0.2, 0.25) is 0 Å². The number of amides is 1. The summed E-state index contributed by atoms with van der Waals surface area (Å²) < 4.78 is 0. The lowest BCUT2D eigenvalue weighted by Gasteiger charge is -2.05. The van der Waals surface area contributed by atoms with Gasteiger partial charge >= 0.3 is 0 Å². The number of nitrogens with one attached hydrogen (secondary N) is 2. The fourth-order valence-corrected chi connectivity index (χ4v) is 3.07. The molecule has 1 amide bonds. The maximum absolute atomic E-state index is 12.1. The Kier molecular flexibility index (Phi) is 5.49. The average molecular weight is 369 g/mol. The zero-order valence-corrected chi connectivity index (χ0v) is 15.3. The number of hydrogen-bond donors (Lipinski definition) is 3. The first kappa shape index (κ1) is 17.9. The summed E-state index contributed by atoms with van der Waals surface area (Å²) in [4.78, 5) is 30.2. The summed E-state index contributed by atoms with van der Waals surface area (Å²) in [6.45, 7) is 4.61. The highest BCUT2D eigenvalue weighted by Crippen LogP contribution is 2.30. The van der Waals surface area contributed by atoms with Crippen LogP contribution >= 0.6 is 11.3 Å². The number of pyridine rings is 1. The number of carbonyl (C=O) groups excluding carboxylic acids is 1. The summed E-state index contributed by atoms with van der Waals surface area (Å²) in [5.74, 6) is 0.475. The van der Waals surface area contributed by atoms with Crippen LogP contribution in [-0.2, 0) is 0 Å². The van der Waals surface area contributed by atoms with Crippen molar-refractivity contribution in [2.24, 2.45) is 5.73 Å². The Morgan fingerprint density at radius 1 is 1.19 bits per heavy atom. The average Bonchev–Trinajstić information content (AvgIpc) is 3.11. The zero-order valence-electron chi connectivity index (χ0n) is 14.5. The minimum Gasteiger partial charge on any atom is -0.351 e. The second-order valence-electron chi connectivity index (χ2n) is 5.61. The maximum atomic E-state index is 12.1. The van der Waals surface area contributed by atoms with Crippen LogP contribution in [0.15, 0.2) is 30.9 Å². The quantitative estimate of drug-likeness (QED) is 0.608. The number of nitrogens with zero attached hydrogens (tertiary/aromatic N) is 4. The Labute approximate surface area is 154 Å². The molecule has 0 aromatic carbocycles. The summed E-state index contributed by atoms with van der Waals surface area (Å²) >= 11 is 1.45. The summed E-state index contributed by atoms with van der Waals surface area (Å²) in [5.41, 5.74) is 8.39. The molecule has 0 bridgehead atoms. The molecule has 0 saturated heterocycles. The first-order chi connectivity index (χ1) is 12.6. The van der Waals surface area contributed by atoms with Gasteiger partial charge in [-0.1, -0.05) is 11.3 Å². The lowest BCUT2D eigenvalue weighted by atomic mass is 10.2. The number of aromatic nitrogens is 4. The molecule has 3 aromatic rings. The van der Waals surface area contributed by atoms with Crippen LogP contribution in [-0.4, -0.2) is 38.9 Å². The fourth-order valence-electron chi connectivity index (χ4n) is 2.27. The zero-order chi connectivity index (χ0) is 18.5. The Morgan fingerprint density at radius 2 is 2.04 bits per heavy atom. The van der Waals surface area contributed by atoms with Gasteiger partial charge in [-0.25, -0.2) is 9.97 Å². The molecule has 0 fully saturated rings. The second-order valence-corrected chi connectivity index (χ2v) is 6.64. The van der Waals surface area contributed by atoms with Crippen molar-refractivity contribution >= 4 is 28.2 Å². The van der Waals surface area contributed by atoms with Gasteiger partial charge in [0.05, 0.1) is 28.0 Å². The molecule has 0 aliphatic heterocycles. The van der Waals surface area contributed by atoms with E-state index in [0.717, 1.165) is 21.8 Å². The standard InChI is InChI=1S/C17H19N7OS/c1-10-6-21-15(11(2)23-10)24-17-22-9-14(26-17)12-5-13(8-19-7-12)16(25)20-4-3-18/h5-9H,3-4,18H2,1-2H3,(H,20,25)(H,21,22,24). The minimum atomic E-state index is -0.196. The lowest BCUT2D eigenvalue weighted by molar-refractivity contribution is 0.0954. The van der Waals surface area contributed by atoms with Crippen LogP contribution in [0.3, 0.4) is 0 Å². The van der Waals surface area contributed by atoms with Gasteiger partial charge in [-0.3, -0.25) is 14.8 Å². The van der Waals surface area contributed by atoms with Gasteiger partial charge in [0, 0.05) is 37.2 Å². The molecule has 0 saturated carbocycles. The molecule has 0 radical (unpaired) electrons. The van der Waals surface area contributed by atoms with Crippen molar-refractivity contribution in [2.45, 2.75) is 13.8 Å². The summed E-state index contributed by atoms with van der Waals surface area (Å²) in [7, 11) is 0. The highest BCUT2D eigenvalue weighted by Gasteiger charge is 2.11. The molecular weight excluding hydrogens is 350 g/mol. The number of aryl methyl sites for hydroxylation is 2. The molecule has 0 unspecified atom stereocenters. The van der Waals surface area contributed by atoms with E-state index in [2.05, 4.69) is 30.6 Å². The third-order valence-corrected chi connectivity index (χ3v) is 4.47. The normalized spacial score (nSPS) is 10.6. The first-order valence-corrected chi connectivity index (χ1v) is 8.85. The second kappa shape index (κ2) is 7.98. The third-order valence-electron chi connectivity index (χ3n) is 3.51. The number of hydrogen-bond acceptors (Lipinski definition) is 8. The van der Waals surface area contributed by atoms with Crippen molar-refractivity contribution < 1.29 is 4.79 Å². The van der Waals surface area contributed by atoms with Crippen LogP contribution in [0.25, 0.3) is 10.4 Å². The molecule has 0 aliphatic rings. The van der Waals surface area contributed by atoms with Crippen LogP contribution in [0.4, 0.5) is 10.9 Å². The number of nitrogens with two attached hydrogens (primary N) is 1. The van der Waals surface area contributed by atoms with E-state index in [9.17, 15) is 4.79 Å². The fraction of sp³-hybridized carbons (Fsp3) is 0.235. The summed E-state index contributed by atoms with van der Waals surface area (Å²) in [6, 6.07) is 1.78. The van der Waals surface area contributed by atoms with Gasteiger partial charge in [-0.05, 0) is 19.9 Å². The number of rotatable bonds is 6. The Morgan fingerprint density at radius 3 is 2.81 bits per heavy atom. The van der Waals surface area contributed by atoms with Gasteiger partial charge in [-0.2, -0.15) is 0 Å². The maximum Gasteiger partial charge on any atom is 0.252 e. The van der Waals surface area contributed by atoms with Gasteiger partial charge in [0.25, 0.3) is 5.91 Å². The van der Waals surface area contributed by atoms with Crippen molar-refractivity contribution in [1.29, 1.82) is 0 Å². The van der Waals surface area contributed by atoms with Crippen LogP contribution in [0.5, 0.6) is 0 Å². The SMILES string of the molecule is Cc1cnc(Nc2ncc(-c3cncc(C(=O)NCCN)c3)s2)c(C)n1. The van der Waals surface area contributed by atoms with Crippen molar-refractivity contribution in [3.63, 3.8) is 0 Å². The minimum absolute atomic E-state index is 0.196. The molecule has 3 heterocycles. The van der Waals surface area contributed by atoms with Gasteiger partial charge in [0.1, 0.15) is 0 Å². The number of anilines is 2. The van der Waals surface area contributed by atoms with Crippen LogP contribution in [0.1, 0.15) is 21.7 Å². The van der Waals surface area contributed by atoms with E-state index in [1.54, 1.807) is 24.7 Å². The van der Waals surface area contributed by atoms with Gasteiger partial charge in [0.2, 0.25) is 0 Å². The molecule has 0 atom stereocenters. The van der Waals surface area contributed by atoms with E-state index in [0.29, 0.717) is 29.6 Å². The third kappa shape index (κ3) is 4.19. The van der Waals surface area contributed by atoms with E-state index in [4.69, 9.17) is 5.73 Å². The molecule has 9 heteroatoms. The van der Waals surface area contributed by atoms with Gasteiger partial charge in [0.15, 0.2) is 10.9 Å². The molecule has 4 N–H and O–H groups in total. The van der Waals surface area contributed by atoms with Crippen molar-refractivity contribution in [1.82, 2.24) is 25.3 Å².